The number of carboxylic acid groups (broad SMARTS) is 2. The molecule has 0 saturated heterocycles. The van der Waals surface area contributed by atoms with Gasteiger partial charge in [-0.05, 0) is 30.7 Å². The highest BCUT2D eigenvalue weighted by atomic mass is 16.4. The van der Waals surface area contributed by atoms with Gasteiger partial charge < -0.3 is 79.8 Å². The maximum Gasteiger partial charge on any atom is 0.326 e. The monoisotopic (exact) mass is 903 g/mol. The summed E-state index contributed by atoms with van der Waals surface area (Å²) in [5.41, 5.74) is 17.8. The van der Waals surface area contributed by atoms with Gasteiger partial charge in [-0.25, -0.2) is 9.78 Å². The zero-order valence-corrected chi connectivity index (χ0v) is 35.1. The minimum atomic E-state index is -1.81. The summed E-state index contributed by atoms with van der Waals surface area (Å²) in [6.07, 6.45) is 1.39. The Labute approximate surface area is 366 Å². The number of aromatic nitrogens is 2. The number of guanidine groups is 1. The number of carbonyl (C=O) groups excluding carboxylic acids is 7. The van der Waals surface area contributed by atoms with E-state index in [1.165, 1.54) is 26.4 Å². The molecule has 0 fully saturated rings. The van der Waals surface area contributed by atoms with Crippen molar-refractivity contribution in [1.82, 2.24) is 47.2 Å². The quantitative estimate of drug-likeness (QED) is 0.0215. The number of aliphatic hydroxyl groups is 2. The number of amides is 7. The van der Waals surface area contributed by atoms with Crippen LogP contribution in [0, 0.1) is 5.92 Å². The van der Waals surface area contributed by atoms with Crippen LogP contribution in [-0.4, -0.2) is 158 Å². The normalized spacial score (nSPS) is 14.2. The minimum absolute atomic E-state index is 0.0305. The van der Waals surface area contributed by atoms with Crippen LogP contribution in [0.4, 0.5) is 0 Å². The topological polar surface area (TPSA) is 438 Å². The van der Waals surface area contributed by atoms with Gasteiger partial charge in [0, 0.05) is 24.9 Å². The molecule has 0 aliphatic carbocycles. The van der Waals surface area contributed by atoms with Crippen molar-refractivity contribution in [1.29, 1.82) is 0 Å². The fourth-order valence-electron chi connectivity index (χ4n) is 5.73. The van der Waals surface area contributed by atoms with Crippen molar-refractivity contribution in [2.75, 3.05) is 26.3 Å². The maximum atomic E-state index is 13.7. The van der Waals surface area contributed by atoms with Gasteiger partial charge in [-0.3, -0.25) is 43.3 Å². The first-order valence-electron chi connectivity index (χ1n) is 19.8. The minimum Gasteiger partial charge on any atom is -0.481 e. The summed E-state index contributed by atoms with van der Waals surface area (Å²) < 4.78 is 0. The summed E-state index contributed by atoms with van der Waals surface area (Å²) in [6, 6.07) is -1.97. The third-order valence-corrected chi connectivity index (χ3v) is 9.14. The number of imidazole rings is 1. The molecule has 7 unspecified atom stereocenters. The molecule has 18 N–H and O–H groups in total. The Morgan fingerprint density at radius 1 is 0.719 bits per heavy atom. The number of aliphatic carboxylic acids is 2. The molecule has 7 atom stereocenters. The summed E-state index contributed by atoms with van der Waals surface area (Å²) in [6.45, 7) is 0.306. The van der Waals surface area contributed by atoms with Crippen LogP contribution in [0.1, 0.15) is 44.4 Å². The van der Waals surface area contributed by atoms with E-state index in [1.807, 2.05) is 0 Å². The van der Waals surface area contributed by atoms with Gasteiger partial charge in [0.15, 0.2) is 5.96 Å². The molecule has 64 heavy (non-hydrogen) atoms. The molecule has 0 aliphatic rings. The fourth-order valence-corrected chi connectivity index (χ4v) is 5.73. The molecule has 7 amide bonds. The average molecular weight is 904 g/mol. The number of aliphatic imine (C=N–C) groups is 1. The largest absolute Gasteiger partial charge is 0.481 e. The molecule has 0 bridgehead atoms. The van der Waals surface area contributed by atoms with Gasteiger partial charge in [-0.15, -0.1) is 0 Å². The molecule has 26 heteroatoms. The van der Waals surface area contributed by atoms with E-state index >= 15 is 0 Å². The second kappa shape index (κ2) is 27.0. The number of carboxylic acids is 2. The highest BCUT2D eigenvalue weighted by molar-refractivity contribution is 5.98. The molecule has 2 aromatic rings. The summed E-state index contributed by atoms with van der Waals surface area (Å²) >= 11 is 0. The summed E-state index contributed by atoms with van der Waals surface area (Å²) in [7, 11) is 0. The number of H-pyrrole nitrogens is 1. The van der Waals surface area contributed by atoms with Crippen molar-refractivity contribution in [3.63, 3.8) is 0 Å². The Balaban J connectivity index is 2.16. The van der Waals surface area contributed by atoms with Gasteiger partial charge in [0.1, 0.15) is 36.3 Å². The first kappa shape index (κ1) is 52.9. The predicted octanol–water partition coefficient (Wildman–Crippen LogP) is -6.20. The lowest BCUT2D eigenvalue weighted by Gasteiger charge is -2.28. The van der Waals surface area contributed by atoms with E-state index in [0.29, 0.717) is 5.69 Å². The lowest BCUT2D eigenvalue weighted by Crippen LogP contribution is -2.61. The van der Waals surface area contributed by atoms with Crippen molar-refractivity contribution in [2.45, 2.75) is 88.2 Å². The van der Waals surface area contributed by atoms with Crippen molar-refractivity contribution in [3.8, 4) is 0 Å². The number of benzene rings is 1. The van der Waals surface area contributed by atoms with E-state index in [2.05, 4.69) is 52.2 Å². The predicted molar refractivity (Wildman–Crippen MR) is 224 cm³/mol. The summed E-state index contributed by atoms with van der Waals surface area (Å²) in [5, 5.41) is 54.9. The van der Waals surface area contributed by atoms with E-state index in [1.54, 1.807) is 30.3 Å². The summed E-state index contributed by atoms with van der Waals surface area (Å²) in [5.74, 6) is -11.1. The van der Waals surface area contributed by atoms with E-state index in [0.717, 1.165) is 5.56 Å². The van der Waals surface area contributed by atoms with Gasteiger partial charge in [-0.2, -0.15) is 0 Å². The van der Waals surface area contributed by atoms with Crippen LogP contribution >= 0.6 is 0 Å². The van der Waals surface area contributed by atoms with E-state index < -0.39 is 128 Å². The van der Waals surface area contributed by atoms with Crippen LogP contribution in [0.3, 0.4) is 0 Å². The lowest BCUT2D eigenvalue weighted by molar-refractivity contribution is -0.143. The Hall–Kier alpha value is -7.19. The molecule has 2 rings (SSSR count). The Bertz CT molecular complexity index is 1930. The van der Waals surface area contributed by atoms with Crippen molar-refractivity contribution < 1.29 is 63.6 Å². The van der Waals surface area contributed by atoms with Crippen LogP contribution in [0.15, 0.2) is 47.8 Å². The Morgan fingerprint density at radius 2 is 1.28 bits per heavy atom. The highest BCUT2D eigenvalue weighted by Crippen LogP contribution is 2.09. The average Bonchev–Trinajstić information content (AvgIpc) is 3.76. The zero-order chi connectivity index (χ0) is 47.9. The smallest absolute Gasteiger partial charge is 0.326 e. The van der Waals surface area contributed by atoms with Crippen LogP contribution in [0.25, 0.3) is 0 Å². The Morgan fingerprint density at radius 3 is 1.83 bits per heavy atom. The number of rotatable bonds is 28. The molecule has 1 aromatic heterocycles. The van der Waals surface area contributed by atoms with Gasteiger partial charge in [0.05, 0.1) is 38.5 Å². The van der Waals surface area contributed by atoms with Crippen LogP contribution in [0.2, 0.25) is 0 Å². The van der Waals surface area contributed by atoms with E-state index in [-0.39, 0.29) is 38.2 Å². The SMILES string of the molecule is CC(C)C(NC(=O)C(CCCN=C(N)N)NC(=O)C(CO)NC(=O)C(CO)NC(=O)CNC(=O)C(N)Cc1ccccc1)C(=O)NC(CC(=O)O)C(=O)NC(Cc1cnc[nH]1)C(=O)O. The number of nitrogens with two attached hydrogens (primary N) is 3. The molecule has 0 aliphatic heterocycles. The van der Waals surface area contributed by atoms with E-state index in [9.17, 15) is 63.6 Å². The highest BCUT2D eigenvalue weighted by Gasteiger charge is 2.35. The number of nitrogens with one attached hydrogen (secondary N) is 8. The number of hydrogen-bond acceptors (Lipinski definition) is 14. The number of carbonyl (C=O) groups is 9. The summed E-state index contributed by atoms with van der Waals surface area (Å²) in [4.78, 5) is 126. The molecule has 0 saturated carbocycles. The van der Waals surface area contributed by atoms with Gasteiger partial charge in [0.2, 0.25) is 41.4 Å². The molecule has 26 nitrogen and oxygen atoms in total. The number of nitrogens with zero attached hydrogens (tertiary/aromatic N) is 2. The van der Waals surface area contributed by atoms with Crippen LogP contribution in [-0.2, 0) is 56.0 Å². The van der Waals surface area contributed by atoms with Gasteiger partial charge >= 0.3 is 11.9 Å². The molecule has 0 spiro atoms. The van der Waals surface area contributed by atoms with Crippen molar-refractivity contribution in [2.24, 2.45) is 28.1 Å². The van der Waals surface area contributed by atoms with E-state index in [4.69, 9.17) is 17.2 Å². The third kappa shape index (κ3) is 18.8. The third-order valence-electron chi connectivity index (χ3n) is 9.14. The molecule has 1 heterocycles. The molecule has 1 aromatic carbocycles. The molecule has 0 radical (unpaired) electrons. The molecule has 352 valence electrons. The zero-order valence-electron chi connectivity index (χ0n) is 35.1. The standard InChI is InChI=1S/C38H57N13O13/c1-19(2)30(36(62)48-24(13-29(55)56)33(59)49-25(37(63)64)12-21-14-42-18-45-21)51-32(58)23(9-6-10-43-38(40)41)47-35(61)27(17-53)50-34(60)26(16-52)46-28(54)15-44-31(57)22(39)11-20-7-4-3-5-8-20/h3-5,7-8,14,18-19,22-27,30,52-53H,6,9-13,15-17,39H2,1-2H3,(H,42,45)(H,44,57)(H,46,54)(H,47,61)(H,48,62)(H,49,59)(H,50,60)(H,51,58)(H,55,56)(H,63,64)(H4,40,41,43). The molecular weight excluding hydrogens is 846 g/mol. The second-order valence-electron chi connectivity index (χ2n) is 14.6. The van der Waals surface area contributed by atoms with Crippen LogP contribution < -0.4 is 54.4 Å². The first-order valence-corrected chi connectivity index (χ1v) is 19.8. The number of aliphatic hydroxyl groups excluding tert-OH is 2. The first-order chi connectivity index (χ1) is 30.2. The van der Waals surface area contributed by atoms with Crippen LogP contribution in [0.5, 0.6) is 0 Å². The molecular formula is C38H57N13O13. The second-order valence-corrected chi connectivity index (χ2v) is 14.6. The maximum absolute atomic E-state index is 13.7. The number of hydrogen-bond donors (Lipinski definition) is 15. The lowest BCUT2D eigenvalue weighted by atomic mass is 10.0. The Kier molecular flexibility index (Phi) is 22.3. The van der Waals surface area contributed by atoms with Gasteiger partial charge in [0.25, 0.3) is 0 Å². The fraction of sp³-hybridized carbons (Fsp3) is 0.500. The van der Waals surface area contributed by atoms with Crippen molar-refractivity contribution in [3.05, 3.63) is 54.1 Å². The van der Waals surface area contributed by atoms with Gasteiger partial charge in [-0.1, -0.05) is 44.2 Å². The van der Waals surface area contributed by atoms with Crippen molar-refractivity contribution >= 4 is 59.2 Å². The number of aromatic amines is 1.